The van der Waals surface area contributed by atoms with Crippen LogP contribution in [0.5, 0.6) is 0 Å². The van der Waals surface area contributed by atoms with Crippen molar-refractivity contribution < 1.29 is 19.1 Å². The van der Waals surface area contributed by atoms with Gasteiger partial charge in [-0.1, -0.05) is 48.5 Å². The maximum absolute atomic E-state index is 12.9. The van der Waals surface area contributed by atoms with Crippen molar-refractivity contribution in [2.75, 3.05) is 6.54 Å². The van der Waals surface area contributed by atoms with Gasteiger partial charge in [0.25, 0.3) is 5.91 Å². The fourth-order valence-corrected chi connectivity index (χ4v) is 2.83. The second kappa shape index (κ2) is 8.83. The highest BCUT2D eigenvalue weighted by atomic mass is 16.5. The Morgan fingerprint density at radius 2 is 1.72 bits per heavy atom. The summed E-state index contributed by atoms with van der Waals surface area (Å²) in [4.78, 5) is 51.8. The van der Waals surface area contributed by atoms with Gasteiger partial charge in [-0.3, -0.25) is 14.9 Å². The molecular formula is C21H19N3O5. The van der Waals surface area contributed by atoms with Crippen molar-refractivity contribution in [3.8, 4) is 0 Å². The molecule has 0 radical (unpaired) electrons. The van der Waals surface area contributed by atoms with Crippen molar-refractivity contribution in [2.24, 2.45) is 0 Å². The monoisotopic (exact) mass is 393 g/mol. The number of carbonyl (C=O) groups excluding carboxylic acids is 3. The number of para-hydroxylation sites is 1. The molecule has 0 fully saturated rings. The second-order valence-corrected chi connectivity index (χ2v) is 6.14. The minimum Gasteiger partial charge on any atom is -0.444 e. The number of hydrogen-bond donors (Lipinski definition) is 3. The molecule has 3 N–H and O–H groups in total. The molecule has 1 atom stereocenters. The lowest BCUT2D eigenvalue weighted by atomic mass is 10.1. The van der Waals surface area contributed by atoms with E-state index in [2.05, 4.69) is 15.6 Å². The average molecular weight is 393 g/mol. The highest BCUT2D eigenvalue weighted by Gasteiger charge is 2.28. The molecule has 0 bridgehead atoms. The van der Waals surface area contributed by atoms with Crippen LogP contribution in [0.1, 0.15) is 28.9 Å². The number of aromatic amines is 1. The molecule has 3 rings (SSSR count). The standard InChI is InChI=1S/C21H19N3O5/c1-2-22-21(28)24-19(26)18(13-8-4-3-5-9-13)29-20(27)15-12-17(25)23-16-11-7-6-10-14(15)16/h3-12,18H,2H2,1H3,(H,23,25)(H2,22,24,26,28)/t18-/m0/s1. The molecular weight excluding hydrogens is 374 g/mol. The number of nitrogens with one attached hydrogen (secondary N) is 3. The van der Waals surface area contributed by atoms with Crippen LogP contribution in [0, 0.1) is 0 Å². The highest BCUT2D eigenvalue weighted by Crippen LogP contribution is 2.22. The lowest BCUT2D eigenvalue weighted by Crippen LogP contribution is -2.42. The van der Waals surface area contributed by atoms with Gasteiger partial charge in [0.05, 0.1) is 5.56 Å². The highest BCUT2D eigenvalue weighted by molar-refractivity contribution is 6.05. The summed E-state index contributed by atoms with van der Waals surface area (Å²) >= 11 is 0. The van der Waals surface area contributed by atoms with E-state index in [1.54, 1.807) is 61.5 Å². The number of pyridine rings is 1. The predicted molar refractivity (Wildman–Crippen MR) is 106 cm³/mol. The van der Waals surface area contributed by atoms with Gasteiger partial charge in [-0.05, 0) is 13.0 Å². The molecule has 0 spiro atoms. The van der Waals surface area contributed by atoms with Gasteiger partial charge in [-0.15, -0.1) is 0 Å². The Morgan fingerprint density at radius 3 is 2.45 bits per heavy atom. The van der Waals surface area contributed by atoms with Gasteiger partial charge in [0.15, 0.2) is 0 Å². The number of urea groups is 1. The van der Waals surface area contributed by atoms with Gasteiger partial charge < -0.3 is 15.0 Å². The van der Waals surface area contributed by atoms with Crippen molar-refractivity contribution in [1.29, 1.82) is 0 Å². The van der Waals surface area contributed by atoms with E-state index in [1.807, 2.05) is 0 Å². The van der Waals surface area contributed by atoms with E-state index >= 15 is 0 Å². The Morgan fingerprint density at radius 1 is 1.03 bits per heavy atom. The number of ether oxygens (including phenoxy) is 1. The minimum atomic E-state index is -1.37. The zero-order valence-corrected chi connectivity index (χ0v) is 15.6. The summed E-state index contributed by atoms with van der Waals surface area (Å²) in [6.07, 6.45) is -1.37. The Balaban J connectivity index is 1.94. The summed E-state index contributed by atoms with van der Waals surface area (Å²) in [6, 6.07) is 15.5. The van der Waals surface area contributed by atoms with Gasteiger partial charge in [0.1, 0.15) is 0 Å². The number of amides is 3. The van der Waals surface area contributed by atoms with Crippen LogP contribution in [0.15, 0.2) is 65.5 Å². The van der Waals surface area contributed by atoms with Gasteiger partial charge in [-0.25, -0.2) is 9.59 Å². The van der Waals surface area contributed by atoms with E-state index in [9.17, 15) is 19.2 Å². The Hall–Kier alpha value is -3.94. The number of imide groups is 1. The lowest BCUT2D eigenvalue weighted by molar-refractivity contribution is -0.129. The maximum Gasteiger partial charge on any atom is 0.340 e. The molecule has 148 valence electrons. The van der Waals surface area contributed by atoms with E-state index in [0.717, 1.165) is 6.07 Å². The van der Waals surface area contributed by atoms with Crippen LogP contribution in [0.2, 0.25) is 0 Å². The largest absolute Gasteiger partial charge is 0.444 e. The first-order valence-electron chi connectivity index (χ1n) is 8.96. The van der Waals surface area contributed by atoms with Crippen LogP contribution in [0.25, 0.3) is 10.9 Å². The zero-order chi connectivity index (χ0) is 20.8. The van der Waals surface area contributed by atoms with Crippen LogP contribution >= 0.6 is 0 Å². The van der Waals surface area contributed by atoms with Crippen LogP contribution in [-0.2, 0) is 9.53 Å². The molecule has 8 nitrogen and oxygen atoms in total. The molecule has 2 aromatic carbocycles. The first kappa shape index (κ1) is 19.8. The molecule has 3 aromatic rings. The molecule has 0 aliphatic carbocycles. The predicted octanol–water partition coefficient (Wildman–Crippen LogP) is 2.27. The smallest absolute Gasteiger partial charge is 0.340 e. The van der Waals surface area contributed by atoms with Crippen molar-refractivity contribution in [2.45, 2.75) is 13.0 Å². The molecule has 0 saturated carbocycles. The summed E-state index contributed by atoms with van der Waals surface area (Å²) in [6.45, 7) is 2.03. The van der Waals surface area contributed by atoms with Crippen molar-refractivity contribution in [3.63, 3.8) is 0 Å². The first-order valence-corrected chi connectivity index (χ1v) is 8.96. The number of fused-ring (bicyclic) bond motifs is 1. The third kappa shape index (κ3) is 4.67. The first-order chi connectivity index (χ1) is 14.0. The third-order valence-corrected chi connectivity index (χ3v) is 4.11. The van der Waals surface area contributed by atoms with E-state index in [1.165, 1.54) is 0 Å². The Kier molecular flexibility index (Phi) is 6.03. The molecule has 29 heavy (non-hydrogen) atoms. The number of rotatable bonds is 5. The molecule has 3 amide bonds. The quantitative estimate of drug-likeness (QED) is 0.575. The molecule has 1 heterocycles. The van der Waals surface area contributed by atoms with Crippen LogP contribution < -0.4 is 16.2 Å². The SMILES string of the molecule is CCNC(=O)NC(=O)[C@@H](OC(=O)c1cc(=O)[nH]c2ccccc12)c1ccccc1. The minimum absolute atomic E-state index is 0.0242. The number of H-pyrrole nitrogens is 1. The fraction of sp³-hybridized carbons (Fsp3) is 0.143. The maximum atomic E-state index is 12.9. The summed E-state index contributed by atoms with van der Waals surface area (Å²) in [5.74, 6) is -1.66. The van der Waals surface area contributed by atoms with E-state index < -0.39 is 29.6 Å². The second-order valence-electron chi connectivity index (χ2n) is 6.14. The molecule has 0 saturated heterocycles. The van der Waals surface area contributed by atoms with Gasteiger partial charge in [0.2, 0.25) is 11.7 Å². The number of aromatic nitrogens is 1. The van der Waals surface area contributed by atoms with Gasteiger partial charge >= 0.3 is 12.0 Å². The van der Waals surface area contributed by atoms with Gasteiger partial charge in [0, 0.05) is 29.1 Å². The number of esters is 1. The van der Waals surface area contributed by atoms with Crippen LogP contribution in [0.3, 0.4) is 0 Å². The van der Waals surface area contributed by atoms with E-state index in [4.69, 9.17) is 4.74 Å². The lowest BCUT2D eigenvalue weighted by Gasteiger charge is -2.18. The fourth-order valence-electron chi connectivity index (χ4n) is 2.83. The van der Waals surface area contributed by atoms with E-state index in [0.29, 0.717) is 23.0 Å². The van der Waals surface area contributed by atoms with Crippen LogP contribution in [-0.4, -0.2) is 29.4 Å². The topological polar surface area (TPSA) is 117 Å². The number of hydrogen-bond acceptors (Lipinski definition) is 5. The summed E-state index contributed by atoms with van der Waals surface area (Å²) in [7, 11) is 0. The molecule has 8 heteroatoms. The van der Waals surface area contributed by atoms with Crippen molar-refractivity contribution >= 4 is 28.8 Å². The molecule has 0 aliphatic heterocycles. The molecule has 0 aliphatic rings. The summed E-state index contributed by atoms with van der Waals surface area (Å²) in [5, 5.41) is 5.07. The number of benzene rings is 2. The van der Waals surface area contributed by atoms with Gasteiger partial charge in [-0.2, -0.15) is 0 Å². The average Bonchev–Trinajstić information content (AvgIpc) is 2.71. The van der Waals surface area contributed by atoms with E-state index in [-0.39, 0.29) is 5.56 Å². The Labute approximate surface area is 165 Å². The van der Waals surface area contributed by atoms with Crippen molar-refractivity contribution in [3.05, 3.63) is 82.1 Å². The summed E-state index contributed by atoms with van der Waals surface area (Å²) < 4.78 is 5.44. The summed E-state index contributed by atoms with van der Waals surface area (Å²) in [5.41, 5.74) is 0.404. The normalized spacial score (nSPS) is 11.5. The van der Waals surface area contributed by atoms with Crippen molar-refractivity contribution in [1.82, 2.24) is 15.6 Å². The third-order valence-electron chi connectivity index (χ3n) is 4.11. The number of carbonyl (C=O) groups is 3. The molecule has 0 unspecified atom stereocenters. The zero-order valence-electron chi connectivity index (χ0n) is 15.6. The van der Waals surface area contributed by atoms with Crippen LogP contribution in [0.4, 0.5) is 4.79 Å². The molecule has 1 aromatic heterocycles. The Bertz CT molecular complexity index is 1110.